The molecule has 0 aliphatic carbocycles. The molecule has 3 aromatic carbocycles. The number of nitrogens with one attached hydrogen (secondary N) is 6. The van der Waals surface area contributed by atoms with Gasteiger partial charge in [-0.15, -0.1) is 0 Å². The number of likely N-dealkylation sites (tertiary alicyclic amines) is 2. The summed E-state index contributed by atoms with van der Waals surface area (Å²) in [6.07, 6.45) is 7.76. The molecular weight excluding hydrogens is 827 g/mol. The van der Waals surface area contributed by atoms with Gasteiger partial charge >= 0.3 is 5.97 Å². The van der Waals surface area contributed by atoms with E-state index in [0.29, 0.717) is 32.2 Å². The number of fused-ring (bicyclic) bond motifs is 3. The summed E-state index contributed by atoms with van der Waals surface area (Å²) in [6, 6.07) is 16.6. The Kier molecular flexibility index (Phi) is 13.4. The molecule has 9 N–H and O–H groups in total. The van der Waals surface area contributed by atoms with Crippen molar-refractivity contribution in [2.75, 3.05) is 13.1 Å². The second-order valence-electron chi connectivity index (χ2n) is 17.8. The average molecular weight is 884 g/mol. The van der Waals surface area contributed by atoms with Gasteiger partial charge in [-0.25, -0.2) is 4.79 Å². The van der Waals surface area contributed by atoms with E-state index < -0.39 is 65.8 Å². The predicted octanol–water partition coefficient (Wildman–Crippen LogP) is 4.05. The molecule has 65 heavy (non-hydrogen) atoms. The minimum Gasteiger partial charge on any atom is -0.480 e. The molecule has 2 aliphatic rings. The summed E-state index contributed by atoms with van der Waals surface area (Å²) < 4.78 is 0. The van der Waals surface area contributed by atoms with Crippen LogP contribution >= 0.6 is 0 Å². The third kappa shape index (κ3) is 9.77. The lowest BCUT2D eigenvalue weighted by atomic mass is 9.99. The van der Waals surface area contributed by atoms with Crippen LogP contribution in [0.2, 0.25) is 0 Å². The number of hydrogen-bond acceptors (Lipinski definition) is 7. The van der Waals surface area contributed by atoms with E-state index in [1.54, 1.807) is 12.4 Å². The van der Waals surface area contributed by atoms with Crippen LogP contribution in [0, 0.1) is 5.92 Å². The number of rotatable bonds is 17. The summed E-state index contributed by atoms with van der Waals surface area (Å²) in [6.45, 7) is 4.40. The number of nitrogens with two attached hydrogens (primary N) is 1. The maximum Gasteiger partial charge on any atom is 0.326 e. The number of H-pyrrole nitrogens is 3. The molecule has 2 saturated heterocycles. The molecule has 16 nitrogen and oxygen atoms in total. The molecule has 0 radical (unpaired) electrons. The second-order valence-corrected chi connectivity index (χ2v) is 17.8. The van der Waals surface area contributed by atoms with Crippen LogP contribution in [0.15, 0.2) is 91.4 Å². The highest BCUT2D eigenvalue weighted by Gasteiger charge is 2.41. The van der Waals surface area contributed by atoms with Gasteiger partial charge in [0.15, 0.2) is 0 Å². The van der Waals surface area contributed by atoms with E-state index in [2.05, 4.69) is 30.9 Å². The number of carboxylic acid groups (broad SMARTS) is 1. The number of carbonyl (C=O) groups is 6. The summed E-state index contributed by atoms with van der Waals surface area (Å²) in [5.41, 5.74) is 11.5. The zero-order chi connectivity index (χ0) is 45.8. The van der Waals surface area contributed by atoms with Gasteiger partial charge in [0, 0.05) is 77.2 Å². The highest BCUT2D eigenvalue weighted by atomic mass is 16.4. The van der Waals surface area contributed by atoms with Gasteiger partial charge in [0.2, 0.25) is 29.5 Å². The molecule has 5 amide bonds. The number of carboxylic acids is 1. The van der Waals surface area contributed by atoms with E-state index in [9.17, 15) is 33.9 Å². The van der Waals surface area contributed by atoms with E-state index in [-0.39, 0.29) is 44.1 Å². The maximum atomic E-state index is 14.8. The molecule has 6 atom stereocenters. The monoisotopic (exact) mass is 883 g/mol. The molecule has 2 fully saturated rings. The number of para-hydroxylation sites is 3. The first-order valence-electron chi connectivity index (χ1n) is 22.5. The standard InChI is InChI=1S/C49H57N9O7/c1-28(2)21-41(48(63)58-20-10-18-43(58)49(64)65)56-45(60)39(23-30-26-52-37-15-7-4-12-33(30)37)54-44(59)40(24-31-27-53-38-16-8-5-13-34(31)38)55-46(61)42-17-9-19-57(42)47(62)35(50)22-29-25-51-36-14-6-3-11-32(29)36/h3-8,11-16,25-28,35,39-43,51-53H,9-10,17-24,50H2,1-2H3,(H,54,59)(H,55,61)(H,56,60)(H,64,65)/t35-,39-,40-,41-,42-,43-/m0/s1. The van der Waals surface area contributed by atoms with E-state index in [1.807, 2.05) is 92.8 Å². The molecule has 0 bridgehead atoms. The van der Waals surface area contributed by atoms with E-state index >= 15 is 0 Å². The number of amides is 5. The number of benzene rings is 3. The van der Waals surface area contributed by atoms with Crippen molar-refractivity contribution in [1.82, 2.24) is 40.7 Å². The molecule has 16 heteroatoms. The topological polar surface area (TPSA) is 239 Å². The largest absolute Gasteiger partial charge is 0.480 e. The Morgan fingerprint density at radius 2 is 1.05 bits per heavy atom. The highest BCUT2D eigenvalue weighted by molar-refractivity contribution is 5.98. The number of carbonyl (C=O) groups excluding carboxylic acids is 5. The van der Waals surface area contributed by atoms with Gasteiger partial charge < -0.3 is 51.5 Å². The van der Waals surface area contributed by atoms with Gasteiger partial charge in [0.05, 0.1) is 6.04 Å². The smallest absolute Gasteiger partial charge is 0.326 e. The van der Waals surface area contributed by atoms with Crippen LogP contribution in [0.1, 0.15) is 62.6 Å². The summed E-state index contributed by atoms with van der Waals surface area (Å²) in [7, 11) is 0. The SMILES string of the molecule is CC(C)C[C@H](NC(=O)[C@H](Cc1c[nH]c2ccccc12)NC(=O)[C@H](Cc1c[nH]c2ccccc12)NC(=O)[C@@H]1CCCN1C(=O)[C@@H](N)Cc1c[nH]c2ccccc12)C(=O)N1CCC[C@H]1C(=O)O. The van der Waals surface area contributed by atoms with E-state index in [4.69, 9.17) is 5.73 Å². The average Bonchev–Trinajstić information content (AvgIpc) is 4.16. The van der Waals surface area contributed by atoms with Crippen molar-refractivity contribution in [2.24, 2.45) is 11.7 Å². The summed E-state index contributed by atoms with van der Waals surface area (Å²) in [5, 5.41) is 21.4. The van der Waals surface area contributed by atoms with Crippen molar-refractivity contribution in [1.29, 1.82) is 0 Å². The van der Waals surface area contributed by atoms with Crippen molar-refractivity contribution in [2.45, 2.75) is 101 Å². The van der Waals surface area contributed by atoms with Gasteiger partial charge in [-0.3, -0.25) is 24.0 Å². The fraction of sp³-hybridized carbons (Fsp3) is 0.388. The molecule has 8 rings (SSSR count). The summed E-state index contributed by atoms with van der Waals surface area (Å²) in [5.74, 6) is -3.80. The fourth-order valence-electron chi connectivity index (χ4n) is 9.59. The van der Waals surface area contributed by atoms with Crippen molar-refractivity contribution in [3.05, 3.63) is 108 Å². The summed E-state index contributed by atoms with van der Waals surface area (Å²) in [4.78, 5) is 96.5. The Balaban J connectivity index is 1.06. The van der Waals surface area contributed by atoms with Crippen LogP contribution < -0.4 is 21.7 Å². The molecular formula is C49H57N9O7. The Bertz CT molecular complexity index is 2720. The van der Waals surface area contributed by atoms with Crippen LogP contribution in [-0.4, -0.2) is 115 Å². The van der Waals surface area contributed by atoms with Gasteiger partial charge in [0.25, 0.3) is 0 Å². The number of aromatic nitrogens is 3. The van der Waals surface area contributed by atoms with Crippen molar-refractivity contribution >= 4 is 68.2 Å². The zero-order valence-corrected chi connectivity index (χ0v) is 36.6. The van der Waals surface area contributed by atoms with E-state index in [1.165, 1.54) is 9.80 Å². The molecule has 2 aliphatic heterocycles. The van der Waals surface area contributed by atoms with Crippen molar-refractivity contribution in [3.63, 3.8) is 0 Å². The number of aliphatic carboxylic acids is 1. The van der Waals surface area contributed by atoms with Crippen molar-refractivity contribution in [3.8, 4) is 0 Å². The van der Waals surface area contributed by atoms with Gasteiger partial charge in [-0.2, -0.15) is 0 Å². The van der Waals surface area contributed by atoms with Gasteiger partial charge in [-0.1, -0.05) is 68.4 Å². The molecule has 6 aromatic rings. The first-order chi connectivity index (χ1) is 31.4. The molecule has 3 aromatic heterocycles. The highest BCUT2D eigenvalue weighted by Crippen LogP contribution is 2.26. The number of aromatic amines is 3. The number of nitrogens with zero attached hydrogens (tertiary/aromatic N) is 2. The lowest BCUT2D eigenvalue weighted by molar-refractivity contribution is -0.149. The summed E-state index contributed by atoms with van der Waals surface area (Å²) >= 11 is 0. The molecule has 5 heterocycles. The Morgan fingerprint density at radius 3 is 1.54 bits per heavy atom. The Morgan fingerprint density at radius 1 is 0.615 bits per heavy atom. The predicted molar refractivity (Wildman–Crippen MR) is 246 cm³/mol. The molecule has 340 valence electrons. The minimum absolute atomic E-state index is 0.0264. The third-order valence-electron chi connectivity index (χ3n) is 12.9. The first kappa shape index (κ1) is 44.7. The van der Waals surface area contributed by atoms with E-state index in [0.717, 1.165) is 49.4 Å². The number of hydrogen-bond donors (Lipinski definition) is 8. The molecule has 0 unspecified atom stereocenters. The zero-order valence-electron chi connectivity index (χ0n) is 36.6. The fourth-order valence-corrected chi connectivity index (χ4v) is 9.59. The quantitative estimate of drug-likeness (QED) is 0.0664. The first-order valence-corrected chi connectivity index (χ1v) is 22.5. The van der Waals surface area contributed by atoms with Crippen LogP contribution in [0.4, 0.5) is 0 Å². The third-order valence-corrected chi connectivity index (χ3v) is 12.9. The maximum absolute atomic E-state index is 14.8. The Labute approximate surface area is 376 Å². The minimum atomic E-state index is -1.23. The van der Waals surface area contributed by atoms with Crippen molar-refractivity contribution < 1.29 is 33.9 Å². The van der Waals surface area contributed by atoms with Crippen LogP contribution in [-0.2, 0) is 48.0 Å². The van der Waals surface area contributed by atoms with Crippen LogP contribution in [0.5, 0.6) is 0 Å². The Hall–Kier alpha value is -6.94. The molecule has 0 saturated carbocycles. The van der Waals surface area contributed by atoms with Crippen LogP contribution in [0.3, 0.4) is 0 Å². The van der Waals surface area contributed by atoms with Gasteiger partial charge in [-0.05, 0) is 79.3 Å². The molecule has 0 spiro atoms. The normalized spacial score (nSPS) is 18.2. The van der Waals surface area contributed by atoms with Crippen LogP contribution in [0.25, 0.3) is 32.7 Å². The lowest BCUT2D eigenvalue weighted by Gasteiger charge is -2.30. The lowest BCUT2D eigenvalue weighted by Crippen LogP contribution is -2.60. The second kappa shape index (κ2) is 19.4. The van der Waals surface area contributed by atoms with Gasteiger partial charge in [0.1, 0.15) is 30.2 Å².